The molecule has 0 atom stereocenters. The monoisotopic (exact) mass is 435 g/mol. The Labute approximate surface area is 182 Å². The van der Waals surface area contributed by atoms with E-state index in [0.29, 0.717) is 11.3 Å². The van der Waals surface area contributed by atoms with Crippen molar-refractivity contribution < 1.29 is 26.1 Å². The Hall–Kier alpha value is -2.19. The van der Waals surface area contributed by atoms with Crippen LogP contribution in [0.3, 0.4) is 0 Å². The molecule has 6 heteroatoms. The molecular formula is C22H25ClN2O2V. The normalized spacial score (nSPS) is 11.4. The molecule has 2 aromatic rings. The van der Waals surface area contributed by atoms with Crippen LogP contribution in [0.1, 0.15) is 40.3 Å². The summed E-state index contributed by atoms with van der Waals surface area (Å²) in [6, 6.07) is 10.0. The molecule has 2 aromatic carbocycles. The van der Waals surface area contributed by atoms with Crippen LogP contribution >= 0.6 is 12.4 Å². The number of aliphatic imine (C=N–C) groups is 1. The molecule has 0 spiro atoms. The molecule has 0 aromatic heterocycles. The average Bonchev–Trinajstić information content (AvgIpc) is 2.60. The summed E-state index contributed by atoms with van der Waals surface area (Å²) in [7, 11) is 0. The fourth-order valence-corrected chi connectivity index (χ4v) is 3.18. The summed E-state index contributed by atoms with van der Waals surface area (Å²) in [5, 5.41) is 10.8. The van der Waals surface area contributed by atoms with Gasteiger partial charge < -0.3 is 5.11 Å². The molecule has 4 nitrogen and oxygen atoms in total. The zero-order chi connectivity index (χ0) is 20.7. The summed E-state index contributed by atoms with van der Waals surface area (Å²) < 4.78 is 8.19. The van der Waals surface area contributed by atoms with Crippen LogP contribution < -0.4 is 0 Å². The maximum absolute atomic E-state index is 10.8. The van der Waals surface area contributed by atoms with E-state index in [4.69, 9.17) is 10.2 Å². The molecule has 1 N–H and O–H groups in total. The number of aliphatic hydroxyl groups excluding tert-OH is 1. The van der Waals surface area contributed by atoms with Gasteiger partial charge in [0, 0.05) is 11.3 Å². The number of aryl methyl sites for hydroxylation is 5. The topological polar surface area (TPSA) is 54.0 Å². The molecule has 0 radical (unpaired) electrons. The third-order valence-electron chi connectivity index (χ3n) is 4.31. The fraction of sp³-hybridized carbons (Fsp3) is 0.273. The van der Waals surface area contributed by atoms with Crippen molar-refractivity contribution in [1.29, 1.82) is 0 Å². The van der Waals surface area contributed by atoms with Gasteiger partial charge in [-0.15, -0.1) is 12.4 Å². The van der Waals surface area contributed by atoms with Gasteiger partial charge >= 0.3 is 21.0 Å². The van der Waals surface area contributed by atoms with E-state index in [0.717, 1.165) is 50.9 Å². The van der Waals surface area contributed by atoms with E-state index in [9.17, 15) is 5.11 Å². The van der Waals surface area contributed by atoms with E-state index < -0.39 is 0 Å². The van der Waals surface area contributed by atoms with Gasteiger partial charge in [-0.25, -0.2) is 4.85 Å². The molecule has 28 heavy (non-hydrogen) atoms. The Morgan fingerprint density at radius 1 is 1.00 bits per heavy atom. The van der Waals surface area contributed by atoms with Crippen molar-refractivity contribution in [1.82, 2.24) is 0 Å². The predicted molar refractivity (Wildman–Crippen MR) is 113 cm³/mol. The first-order valence-corrected chi connectivity index (χ1v) is 9.02. The Kier molecular flexibility index (Phi) is 10.7. The van der Waals surface area contributed by atoms with Crippen LogP contribution in [0.25, 0.3) is 10.6 Å². The van der Waals surface area contributed by atoms with Gasteiger partial charge in [0.15, 0.2) is 0 Å². The molecule has 0 aliphatic heterocycles. The average molecular weight is 436 g/mol. The molecular weight excluding hydrogens is 411 g/mol. The Morgan fingerprint density at radius 2 is 1.46 bits per heavy atom. The van der Waals surface area contributed by atoms with Crippen LogP contribution in [-0.4, -0.2) is 10.8 Å². The number of rotatable bonds is 3. The summed E-state index contributed by atoms with van der Waals surface area (Å²) >= 11 is 1.06. The number of nitrogens with zero attached hydrogens (tertiary/aromatic N) is 2. The van der Waals surface area contributed by atoms with Gasteiger partial charge in [0.2, 0.25) is 5.70 Å². The third kappa shape index (κ3) is 5.91. The van der Waals surface area contributed by atoms with E-state index in [-0.39, 0.29) is 23.9 Å². The molecule has 0 aliphatic rings. The van der Waals surface area contributed by atoms with Crippen LogP contribution in [0.4, 0.5) is 5.69 Å². The van der Waals surface area contributed by atoms with E-state index in [1.807, 2.05) is 65.0 Å². The van der Waals surface area contributed by atoms with Gasteiger partial charge in [0.1, 0.15) is 5.76 Å². The minimum absolute atomic E-state index is 0. The van der Waals surface area contributed by atoms with Gasteiger partial charge in [-0.2, -0.15) is 0 Å². The SMILES string of the molecule is Cl.[C-]#[N+]/C(C(C)=Nc1c(C)cccc1C)=C(/O)c1c(C)cc(C)cc1C.[O]=[V]. The second-order valence-electron chi connectivity index (χ2n) is 6.52. The first-order chi connectivity index (χ1) is 12.8. The quantitative estimate of drug-likeness (QED) is 0.341. The molecule has 2 rings (SSSR count). The van der Waals surface area contributed by atoms with Crippen molar-refractivity contribution in [2.75, 3.05) is 0 Å². The van der Waals surface area contributed by atoms with Crippen molar-refractivity contribution >= 4 is 29.6 Å². The summed E-state index contributed by atoms with van der Waals surface area (Å²) in [6.07, 6.45) is 0. The van der Waals surface area contributed by atoms with Gasteiger partial charge in [0.05, 0.1) is 12.3 Å². The zero-order valence-corrected chi connectivity index (χ0v) is 19.2. The Balaban J connectivity index is 0.00000235. The number of halogens is 1. The van der Waals surface area contributed by atoms with Gasteiger partial charge in [-0.05, 0) is 63.8 Å². The predicted octanol–water partition coefficient (Wildman–Crippen LogP) is 6.47. The molecule has 0 bridgehead atoms. The first kappa shape index (κ1) is 25.8. The van der Waals surface area contributed by atoms with Crippen molar-refractivity contribution in [3.63, 3.8) is 0 Å². The summed E-state index contributed by atoms with van der Waals surface area (Å²) in [6.45, 7) is 19.2. The summed E-state index contributed by atoms with van der Waals surface area (Å²) in [5.74, 6) is -0.00233. The van der Waals surface area contributed by atoms with E-state index in [1.165, 1.54) is 0 Å². The molecule has 0 aliphatic carbocycles. The van der Waals surface area contributed by atoms with Crippen molar-refractivity contribution in [2.24, 2.45) is 4.99 Å². The van der Waals surface area contributed by atoms with Crippen LogP contribution in [0.15, 0.2) is 41.0 Å². The number of aliphatic hydroxyl groups is 1. The Bertz CT molecular complexity index is 916. The van der Waals surface area contributed by atoms with Crippen LogP contribution in [0.2, 0.25) is 0 Å². The second-order valence-corrected chi connectivity index (χ2v) is 6.52. The van der Waals surface area contributed by atoms with Gasteiger partial charge in [0.25, 0.3) is 0 Å². The molecule has 0 saturated carbocycles. The summed E-state index contributed by atoms with van der Waals surface area (Å²) in [4.78, 5) is 8.21. The number of hydrogen-bond donors (Lipinski definition) is 1. The van der Waals surface area contributed by atoms with Crippen LogP contribution in [0, 0.1) is 41.2 Å². The minimum atomic E-state index is -0.00233. The molecule has 147 valence electrons. The molecule has 0 saturated heterocycles. The van der Waals surface area contributed by atoms with Crippen molar-refractivity contribution in [2.45, 2.75) is 41.5 Å². The number of benzene rings is 2. The Morgan fingerprint density at radius 3 is 1.89 bits per heavy atom. The molecule has 0 fully saturated rings. The third-order valence-corrected chi connectivity index (χ3v) is 4.31. The van der Waals surface area contributed by atoms with Gasteiger partial charge in [-0.3, -0.25) is 4.99 Å². The fourth-order valence-electron chi connectivity index (χ4n) is 3.18. The van der Waals surface area contributed by atoms with Crippen LogP contribution in [0.5, 0.6) is 0 Å². The number of allylic oxidation sites excluding steroid dienone is 1. The van der Waals surface area contributed by atoms with Crippen LogP contribution in [-0.2, 0) is 21.0 Å². The standard InChI is InChI=1S/C22H24N2O.ClH.O.V/c1-13-11-16(4)19(17(5)12-13)22(25)21(23-7)18(6)24-20-14(2)9-8-10-15(20)3;;;/h8-12,25H,1-6H3;1H;;/b22-21+,24-18?;;;. The molecule has 0 heterocycles. The number of para-hydroxylation sites is 1. The second kappa shape index (κ2) is 11.6. The van der Waals surface area contributed by atoms with E-state index >= 15 is 0 Å². The first-order valence-electron chi connectivity index (χ1n) is 8.45. The van der Waals surface area contributed by atoms with E-state index in [2.05, 4.69) is 9.84 Å². The maximum atomic E-state index is 10.8. The van der Waals surface area contributed by atoms with Gasteiger partial charge in [-0.1, -0.05) is 35.9 Å². The molecule has 0 unspecified atom stereocenters. The van der Waals surface area contributed by atoms with E-state index in [1.54, 1.807) is 6.92 Å². The molecule has 0 amide bonds. The number of hydrogen-bond acceptors (Lipinski definition) is 3. The zero-order valence-electron chi connectivity index (χ0n) is 17.0. The summed E-state index contributed by atoms with van der Waals surface area (Å²) in [5.41, 5.74) is 7.42. The van der Waals surface area contributed by atoms with Crippen molar-refractivity contribution in [3.05, 3.63) is 80.8 Å². The van der Waals surface area contributed by atoms with Crippen molar-refractivity contribution in [3.8, 4) is 0 Å².